The normalized spacial score (nSPS) is 13.9. The van der Waals surface area contributed by atoms with E-state index >= 15 is 0 Å². The van der Waals surface area contributed by atoms with Gasteiger partial charge in [-0.3, -0.25) is 14.2 Å². The number of hydrogen-bond donors (Lipinski definition) is 0. The van der Waals surface area contributed by atoms with E-state index in [-0.39, 0.29) is 26.1 Å². The number of allylic oxidation sites excluding steroid dienone is 18. The zero-order valence-corrected chi connectivity index (χ0v) is 54.6. The molecular weight excluding hydrogens is 1040 g/mol. The lowest BCUT2D eigenvalue weighted by Gasteiger charge is -2.28. The molecule has 0 aromatic rings. The summed E-state index contributed by atoms with van der Waals surface area (Å²) in [5.41, 5.74) is 0. The third-order valence-electron chi connectivity index (χ3n) is 14.3. The minimum atomic E-state index is -4.65. The molecule has 2 unspecified atom stereocenters. The maximum absolute atomic E-state index is 12.8. The molecule has 0 aromatic heterocycles. The van der Waals surface area contributed by atoms with Crippen LogP contribution in [0.1, 0.15) is 284 Å². The molecule has 0 saturated carbocycles. The summed E-state index contributed by atoms with van der Waals surface area (Å²) in [6.45, 7) is 4.00. The molecule has 0 rings (SSSR count). The molecule has 472 valence electrons. The minimum absolute atomic E-state index is 0.0376. The Morgan fingerprint density at radius 3 is 0.976 bits per heavy atom. The molecule has 0 saturated heterocycles. The van der Waals surface area contributed by atoms with Gasteiger partial charge in [0.2, 0.25) is 0 Å². The highest BCUT2D eigenvalue weighted by Gasteiger charge is 2.22. The Morgan fingerprint density at radius 2 is 0.659 bits per heavy atom. The van der Waals surface area contributed by atoms with Gasteiger partial charge < -0.3 is 27.9 Å². The zero-order chi connectivity index (χ0) is 59.8. The summed E-state index contributed by atoms with van der Waals surface area (Å²) in [6.07, 6.45) is 87.6. The van der Waals surface area contributed by atoms with Crippen LogP contribution in [0.4, 0.5) is 0 Å². The summed E-state index contributed by atoms with van der Waals surface area (Å²) >= 11 is 0. The summed E-state index contributed by atoms with van der Waals surface area (Å²) in [7, 11) is 1.15. The first-order chi connectivity index (χ1) is 40.0. The lowest BCUT2D eigenvalue weighted by Crippen LogP contribution is -2.37. The highest BCUT2D eigenvalue weighted by molar-refractivity contribution is 7.45. The molecule has 0 amide bonds. The van der Waals surface area contributed by atoms with Gasteiger partial charge in [-0.2, -0.15) is 0 Å². The summed E-state index contributed by atoms with van der Waals surface area (Å²) in [5, 5.41) is 0. The van der Waals surface area contributed by atoms with Crippen LogP contribution in [0.25, 0.3) is 0 Å². The topological polar surface area (TPSA) is 111 Å². The lowest BCUT2D eigenvalue weighted by molar-refractivity contribution is -0.870. The van der Waals surface area contributed by atoms with Crippen LogP contribution in [-0.2, 0) is 32.7 Å². The summed E-state index contributed by atoms with van der Waals surface area (Å²) in [5.74, 6) is -0.856. The molecule has 0 heterocycles. The van der Waals surface area contributed by atoms with E-state index in [0.717, 1.165) is 103 Å². The molecule has 0 radical (unpaired) electrons. The van der Waals surface area contributed by atoms with Crippen LogP contribution >= 0.6 is 7.82 Å². The first-order valence-electron chi connectivity index (χ1n) is 33.6. The van der Waals surface area contributed by atoms with Crippen molar-refractivity contribution >= 4 is 19.8 Å². The van der Waals surface area contributed by atoms with Crippen LogP contribution in [0.3, 0.4) is 0 Å². The van der Waals surface area contributed by atoms with Gasteiger partial charge in [-0.05, 0) is 96.3 Å². The van der Waals surface area contributed by atoms with Crippen LogP contribution in [0, 0.1) is 0 Å². The third-order valence-corrected chi connectivity index (χ3v) is 15.3. The van der Waals surface area contributed by atoms with E-state index in [4.69, 9.17) is 18.5 Å². The third kappa shape index (κ3) is 65.8. The van der Waals surface area contributed by atoms with Crippen LogP contribution < -0.4 is 4.89 Å². The van der Waals surface area contributed by atoms with Crippen LogP contribution in [0.5, 0.6) is 0 Å². The Kier molecular flexibility index (Phi) is 59.7. The Balaban J connectivity index is 3.93. The number of quaternary nitrogens is 1. The number of hydrogen-bond acceptors (Lipinski definition) is 8. The minimum Gasteiger partial charge on any atom is -0.756 e. The zero-order valence-electron chi connectivity index (χ0n) is 53.7. The Morgan fingerprint density at radius 1 is 0.378 bits per heavy atom. The average molecular weight is 1160 g/mol. The SMILES string of the molecule is CC/C=C\C/C=C\C/C=C\C/C=C\C/C=C\CCCCCCCCCCCCCCCCCCCCCCCCCCCC(=O)OC(COC(=O)CCCCCC/C=C\C/C=C\C/C=C\C/C=C\CC)COP(=O)([O-])OCC[N+](C)(C)C. The number of esters is 2. The Bertz CT molecular complexity index is 1750. The first kappa shape index (κ1) is 78.7. The molecule has 0 spiro atoms. The number of carbonyl (C=O) groups is 2. The lowest BCUT2D eigenvalue weighted by atomic mass is 10.0. The fourth-order valence-corrected chi connectivity index (χ4v) is 9.93. The number of ether oxygens (including phenoxy) is 2. The molecule has 2 atom stereocenters. The largest absolute Gasteiger partial charge is 0.756 e. The van der Waals surface area contributed by atoms with Crippen molar-refractivity contribution in [3.05, 3.63) is 109 Å². The van der Waals surface area contributed by atoms with Gasteiger partial charge in [0.15, 0.2) is 6.10 Å². The van der Waals surface area contributed by atoms with Crippen molar-refractivity contribution in [2.24, 2.45) is 0 Å². The Labute approximate surface area is 506 Å². The van der Waals surface area contributed by atoms with Crippen molar-refractivity contribution in [1.82, 2.24) is 0 Å². The predicted octanol–water partition coefficient (Wildman–Crippen LogP) is 21.1. The molecule has 0 bridgehead atoms. The second-order valence-corrected chi connectivity index (χ2v) is 24.8. The highest BCUT2D eigenvalue weighted by Crippen LogP contribution is 2.38. The molecule has 10 heteroatoms. The molecule has 0 N–H and O–H groups in total. The predicted molar refractivity (Wildman–Crippen MR) is 351 cm³/mol. The van der Waals surface area contributed by atoms with Crippen molar-refractivity contribution in [2.75, 3.05) is 47.5 Å². The van der Waals surface area contributed by atoms with Crippen molar-refractivity contribution in [1.29, 1.82) is 0 Å². The smallest absolute Gasteiger partial charge is 0.306 e. The molecule has 0 aliphatic heterocycles. The van der Waals surface area contributed by atoms with E-state index in [1.54, 1.807) is 0 Å². The van der Waals surface area contributed by atoms with E-state index in [2.05, 4.69) is 123 Å². The second-order valence-electron chi connectivity index (χ2n) is 23.4. The Hall–Kier alpha value is -3.33. The van der Waals surface area contributed by atoms with Crippen LogP contribution in [0.2, 0.25) is 0 Å². The van der Waals surface area contributed by atoms with E-state index in [1.807, 2.05) is 21.1 Å². The van der Waals surface area contributed by atoms with Crippen LogP contribution in [-0.4, -0.2) is 70.0 Å². The van der Waals surface area contributed by atoms with Gasteiger partial charge in [0.05, 0.1) is 27.7 Å². The van der Waals surface area contributed by atoms with Crippen LogP contribution in [0.15, 0.2) is 109 Å². The van der Waals surface area contributed by atoms with Crippen molar-refractivity contribution in [3.8, 4) is 0 Å². The highest BCUT2D eigenvalue weighted by atomic mass is 31.2. The molecule has 0 fully saturated rings. The van der Waals surface area contributed by atoms with Gasteiger partial charge in [0, 0.05) is 12.8 Å². The van der Waals surface area contributed by atoms with Gasteiger partial charge in [0.25, 0.3) is 7.82 Å². The van der Waals surface area contributed by atoms with Gasteiger partial charge in [-0.1, -0.05) is 284 Å². The number of nitrogens with zero attached hydrogens (tertiary/aromatic N) is 1. The maximum Gasteiger partial charge on any atom is 0.306 e. The van der Waals surface area contributed by atoms with Gasteiger partial charge >= 0.3 is 11.9 Å². The van der Waals surface area contributed by atoms with Crippen molar-refractivity contribution in [3.63, 3.8) is 0 Å². The molecular formula is C72H126NO8P. The average Bonchev–Trinajstić information content (AvgIpc) is 3.45. The number of carbonyl (C=O) groups excluding carboxylic acids is 2. The summed E-state index contributed by atoms with van der Waals surface area (Å²) < 4.78 is 34.2. The van der Waals surface area contributed by atoms with Gasteiger partial charge in [0.1, 0.15) is 19.8 Å². The van der Waals surface area contributed by atoms with E-state index in [0.29, 0.717) is 23.9 Å². The molecule has 0 aliphatic carbocycles. The summed E-state index contributed by atoms with van der Waals surface area (Å²) in [6, 6.07) is 0. The maximum atomic E-state index is 12.8. The number of likely N-dealkylation sites (N-methyl/N-ethyl adjacent to an activating group) is 1. The number of unbranched alkanes of at least 4 members (excludes halogenated alkanes) is 29. The van der Waals surface area contributed by atoms with Crippen molar-refractivity contribution < 1.29 is 42.1 Å². The number of phosphoric acid groups is 1. The van der Waals surface area contributed by atoms with E-state index in [1.165, 1.54) is 141 Å². The standard InChI is InChI=1S/C72H126NO8P/c1-6-8-10-12-14-16-18-20-22-24-25-26-27-28-29-30-31-32-33-34-35-36-37-38-39-40-41-42-43-44-45-46-47-49-51-53-55-57-59-61-63-65-72(75)81-70(69-80-82(76,77)79-67-66-73(3,4)5)68-78-71(74)64-62-60-58-56-54-52-50-48-23-21-19-17-15-13-11-9-7-2/h8-11,14-17,20-23,25-26,28-29,50,52,70H,6-7,12-13,18-19,24,27,30-49,51,53-69H2,1-5H3/b10-8-,11-9-,16-14-,17-15-,22-20-,23-21-,26-25-,29-28-,52-50-. The van der Waals surface area contributed by atoms with E-state index < -0.39 is 32.5 Å². The number of phosphoric ester groups is 1. The molecule has 82 heavy (non-hydrogen) atoms. The van der Waals surface area contributed by atoms with E-state index in [9.17, 15) is 19.0 Å². The second kappa shape index (κ2) is 62.2. The number of rotatable bonds is 61. The first-order valence-corrected chi connectivity index (χ1v) is 35.1. The fourth-order valence-electron chi connectivity index (χ4n) is 9.21. The monoisotopic (exact) mass is 1160 g/mol. The molecule has 0 aliphatic rings. The fraction of sp³-hybridized carbons (Fsp3) is 0.722. The summed E-state index contributed by atoms with van der Waals surface area (Å²) in [4.78, 5) is 37.9. The van der Waals surface area contributed by atoms with Gasteiger partial charge in [-0.25, -0.2) is 0 Å². The van der Waals surface area contributed by atoms with Gasteiger partial charge in [-0.15, -0.1) is 0 Å². The molecule has 9 nitrogen and oxygen atoms in total. The quantitative estimate of drug-likeness (QED) is 0.0195. The van der Waals surface area contributed by atoms with Crippen molar-refractivity contribution in [2.45, 2.75) is 290 Å². The molecule has 0 aromatic carbocycles.